The molecule has 2 aromatic carbocycles. The minimum absolute atomic E-state index is 0.0635. The highest BCUT2D eigenvalue weighted by Gasteiger charge is 2.07. The molecule has 0 aliphatic rings. The highest BCUT2D eigenvalue weighted by Crippen LogP contribution is 2.23. The molecule has 0 radical (unpaired) electrons. The summed E-state index contributed by atoms with van der Waals surface area (Å²) in [6.07, 6.45) is 1.70. The van der Waals surface area contributed by atoms with Crippen LogP contribution in [0.25, 0.3) is 10.8 Å². The molecule has 0 saturated heterocycles. The van der Waals surface area contributed by atoms with Gasteiger partial charge in [0.2, 0.25) is 5.91 Å². The summed E-state index contributed by atoms with van der Waals surface area (Å²) < 4.78 is 0. The second-order valence-electron chi connectivity index (χ2n) is 4.84. The Labute approximate surface area is 133 Å². The van der Waals surface area contributed by atoms with E-state index in [4.69, 9.17) is 0 Å². The van der Waals surface area contributed by atoms with E-state index in [-0.39, 0.29) is 11.7 Å². The summed E-state index contributed by atoms with van der Waals surface area (Å²) in [5.74, 6) is 0.221. The Balaban J connectivity index is 1.68. The Bertz CT molecular complexity index is 814. The fourth-order valence-electron chi connectivity index (χ4n) is 2.15. The standard InChI is InChI=1S/C17H15N3OS/c1-12-9-10-18-17(19-12)22-11-16(21)20-15-8-4-6-13-5-2-3-7-14(13)15/h2-10H,11H2,1H3,(H,20,21). The third-order valence-corrected chi connectivity index (χ3v) is 4.03. The van der Waals surface area contributed by atoms with E-state index in [2.05, 4.69) is 15.3 Å². The lowest BCUT2D eigenvalue weighted by atomic mass is 10.1. The van der Waals surface area contributed by atoms with E-state index in [1.54, 1.807) is 6.20 Å². The zero-order chi connectivity index (χ0) is 15.4. The topological polar surface area (TPSA) is 54.9 Å². The SMILES string of the molecule is Cc1ccnc(SCC(=O)Nc2cccc3ccccc23)n1. The van der Waals surface area contributed by atoms with Gasteiger partial charge in [-0.3, -0.25) is 4.79 Å². The fourth-order valence-corrected chi connectivity index (χ4v) is 2.82. The van der Waals surface area contributed by atoms with Crippen LogP contribution >= 0.6 is 11.8 Å². The summed E-state index contributed by atoms with van der Waals surface area (Å²) in [4.78, 5) is 20.5. The van der Waals surface area contributed by atoms with Crippen molar-refractivity contribution in [1.82, 2.24) is 9.97 Å². The van der Waals surface area contributed by atoms with Crippen molar-refractivity contribution in [3.63, 3.8) is 0 Å². The maximum atomic E-state index is 12.1. The van der Waals surface area contributed by atoms with E-state index in [1.165, 1.54) is 11.8 Å². The summed E-state index contributed by atoms with van der Waals surface area (Å²) in [6.45, 7) is 1.90. The normalized spacial score (nSPS) is 10.6. The van der Waals surface area contributed by atoms with Crippen molar-refractivity contribution >= 4 is 34.1 Å². The van der Waals surface area contributed by atoms with E-state index < -0.39 is 0 Å². The molecule has 3 aromatic rings. The maximum absolute atomic E-state index is 12.1. The molecule has 1 aromatic heterocycles. The second-order valence-corrected chi connectivity index (χ2v) is 5.79. The van der Waals surface area contributed by atoms with Gasteiger partial charge in [-0.2, -0.15) is 0 Å². The fraction of sp³-hybridized carbons (Fsp3) is 0.118. The average molecular weight is 309 g/mol. The van der Waals surface area contributed by atoms with Crippen LogP contribution in [0.3, 0.4) is 0 Å². The number of carbonyl (C=O) groups excluding carboxylic acids is 1. The number of hydrogen-bond acceptors (Lipinski definition) is 4. The van der Waals surface area contributed by atoms with E-state index in [1.807, 2.05) is 55.5 Å². The lowest BCUT2D eigenvalue weighted by molar-refractivity contribution is -0.113. The molecule has 0 aliphatic carbocycles. The molecular weight excluding hydrogens is 294 g/mol. The zero-order valence-corrected chi connectivity index (χ0v) is 12.9. The molecule has 0 bridgehead atoms. The van der Waals surface area contributed by atoms with Gasteiger partial charge in [-0.05, 0) is 24.4 Å². The van der Waals surface area contributed by atoms with Crippen molar-refractivity contribution in [2.45, 2.75) is 12.1 Å². The zero-order valence-electron chi connectivity index (χ0n) is 12.1. The van der Waals surface area contributed by atoms with Crippen molar-refractivity contribution in [2.75, 3.05) is 11.1 Å². The molecule has 1 amide bonds. The first-order chi connectivity index (χ1) is 10.7. The van der Waals surface area contributed by atoms with Gasteiger partial charge >= 0.3 is 0 Å². The van der Waals surface area contributed by atoms with Crippen LogP contribution in [-0.4, -0.2) is 21.6 Å². The molecule has 110 valence electrons. The van der Waals surface area contributed by atoms with Crippen molar-refractivity contribution in [2.24, 2.45) is 0 Å². The van der Waals surface area contributed by atoms with Crippen LogP contribution < -0.4 is 5.32 Å². The van der Waals surface area contributed by atoms with Crippen molar-refractivity contribution in [3.05, 3.63) is 60.4 Å². The van der Waals surface area contributed by atoms with Crippen LogP contribution in [0.2, 0.25) is 0 Å². The Hall–Kier alpha value is -2.40. The van der Waals surface area contributed by atoms with Crippen molar-refractivity contribution in [1.29, 1.82) is 0 Å². The molecule has 1 N–H and O–H groups in total. The van der Waals surface area contributed by atoms with Gasteiger partial charge in [-0.15, -0.1) is 0 Å². The first kappa shape index (κ1) is 14.5. The number of aromatic nitrogens is 2. The first-order valence-electron chi connectivity index (χ1n) is 6.92. The quantitative estimate of drug-likeness (QED) is 0.590. The van der Waals surface area contributed by atoms with Crippen LogP contribution in [0.1, 0.15) is 5.69 Å². The van der Waals surface area contributed by atoms with Crippen LogP contribution in [0.5, 0.6) is 0 Å². The molecule has 0 spiro atoms. The number of fused-ring (bicyclic) bond motifs is 1. The number of aryl methyl sites for hydroxylation is 1. The number of nitrogens with zero attached hydrogens (tertiary/aromatic N) is 2. The number of anilines is 1. The van der Waals surface area contributed by atoms with E-state index in [9.17, 15) is 4.79 Å². The third kappa shape index (κ3) is 3.43. The number of hydrogen-bond donors (Lipinski definition) is 1. The Morgan fingerprint density at radius 3 is 2.82 bits per heavy atom. The molecule has 0 atom stereocenters. The minimum Gasteiger partial charge on any atom is -0.325 e. The van der Waals surface area contributed by atoms with Crippen LogP contribution in [0.15, 0.2) is 59.9 Å². The molecule has 0 aliphatic heterocycles. The number of rotatable bonds is 4. The first-order valence-corrected chi connectivity index (χ1v) is 7.91. The summed E-state index contributed by atoms with van der Waals surface area (Å²) >= 11 is 1.33. The predicted octanol–water partition coefficient (Wildman–Crippen LogP) is 3.67. The highest BCUT2D eigenvalue weighted by atomic mass is 32.2. The van der Waals surface area contributed by atoms with Crippen LogP contribution in [0.4, 0.5) is 5.69 Å². The smallest absolute Gasteiger partial charge is 0.234 e. The number of amides is 1. The lowest BCUT2D eigenvalue weighted by Gasteiger charge is -2.08. The van der Waals surface area contributed by atoms with Gasteiger partial charge in [0.05, 0.1) is 5.75 Å². The Kier molecular flexibility index (Phi) is 4.34. The molecule has 0 unspecified atom stereocenters. The Morgan fingerprint density at radius 2 is 1.95 bits per heavy atom. The molecule has 3 rings (SSSR count). The molecule has 0 saturated carbocycles. The monoisotopic (exact) mass is 309 g/mol. The molecular formula is C17H15N3OS. The molecule has 22 heavy (non-hydrogen) atoms. The maximum Gasteiger partial charge on any atom is 0.234 e. The number of carbonyl (C=O) groups is 1. The van der Waals surface area contributed by atoms with Gasteiger partial charge < -0.3 is 5.32 Å². The molecule has 0 fully saturated rings. The van der Waals surface area contributed by atoms with Crippen LogP contribution in [0, 0.1) is 6.92 Å². The van der Waals surface area contributed by atoms with Crippen molar-refractivity contribution in [3.8, 4) is 0 Å². The lowest BCUT2D eigenvalue weighted by Crippen LogP contribution is -2.14. The molecule has 4 nitrogen and oxygen atoms in total. The van der Waals surface area contributed by atoms with Gasteiger partial charge in [0.25, 0.3) is 0 Å². The number of benzene rings is 2. The van der Waals surface area contributed by atoms with E-state index in [0.717, 1.165) is 22.2 Å². The minimum atomic E-state index is -0.0635. The average Bonchev–Trinajstić information content (AvgIpc) is 2.53. The highest BCUT2D eigenvalue weighted by molar-refractivity contribution is 7.99. The largest absolute Gasteiger partial charge is 0.325 e. The van der Waals surface area contributed by atoms with Crippen LogP contribution in [-0.2, 0) is 4.79 Å². The van der Waals surface area contributed by atoms with Gasteiger partial charge in [-0.1, -0.05) is 48.2 Å². The summed E-state index contributed by atoms with van der Waals surface area (Å²) in [6, 6.07) is 15.7. The molecule has 5 heteroatoms. The van der Waals surface area contributed by atoms with E-state index >= 15 is 0 Å². The van der Waals surface area contributed by atoms with Gasteiger partial charge in [-0.25, -0.2) is 9.97 Å². The summed E-state index contributed by atoms with van der Waals surface area (Å²) in [7, 11) is 0. The number of thioether (sulfide) groups is 1. The summed E-state index contributed by atoms with van der Waals surface area (Å²) in [5.41, 5.74) is 1.72. The van der Waals surface area contributed by atoms with Gasteiger partial charge in [0.15, 0.2) is 5.16 Å². The number of nitrogens with one attached hydrogen (secondary N) is 1. The Morgan fingerprint density at radius 1 is 1.14 bits per heavy atom. The predicted molar refractivity (Wildman–Crippen MR) is 90.1 cm³/mol. The van der Waals surface area contributed by atoms with Gasteiger partial charge in [0.1, 0.15) is 0 Å². The third-order valence-electron chi connectivity index (χ3n) is 3.17. The van der Waals surface area contributed by atoms with E-state index in [0.29, 0.717) is 5.16 Å². The summed E-state index contributed by atoms with van der Waals surface area (Å²) in [5, 5.41) is 5.72. The van der Waals surface area contributed by atoms with Crippen molar-refractivity contribution < 1.29 is 4.79 Å². The molecule has 1 heterocycles. The van der Waals surface area contributed by atoms with Gasteiger partial charge in [0, 0.05) is 23.0 Å². The second kappa shape index (κ2) is 6.58.